The molecule has 2 rings (SSSR count). The number of hydrogen-bond acceptors (Lipinski definition) is 4. The predicted octanol–water partition coefficient (Wildman–Crippen LogP) is 2.91. The first-order valence-corrected chi connectivity index (χ1v) is 6.72. The van der Waals surface area contributed by atoms with Crippen LogP contribution in [0.1, 0.15) is 25.3 Å². The Morgan fingerprint density at radius 1 is 1.58 bits per heavy atom. The van der Waals surface area contributed by atoms with Crippen molar-refractivity contribution < 1.29 is 9.66 Å². The van der Waals surface area contributed by atoms with Crippen molar-refractivity contribution in [3.05, 3.63) is 38.9 Å². The summed E-state index contributed by atoms with van der Waals surface area (Å²) in [5.41, 5.74) is 0.730. The first kappa shape index (κ1) is 14.2. The van der Waals surface area contributed by atoms with E-state index in [1.165, 1.54) is 6.07 Å². The maximum absolute atomic E-state index is 11.0. The molecule has 19 heavy (non-hydrogen) atoms. The largest absolute Gasteiger partial charge is 0.378 e. The Morgan fingerprint density at radius 3 is 3.05 bits per heavy atom. The zero-order valence-electron chi connectivity index (χ0n) is 10.8. The van der Waals surface area contributed by atoms with Crippen LogP contribution in [0.4, 0.5) is 5.69 Å². The molecule has 1 aromatic rings. The fourth-order valence-corrected chi connectivity index (χ4v) is 2.51. The van der Waals surface area contributed by atoms with Crippen molar-refractivity contribution in [2.75, 3.05) is 6.61 Å². The van der Waals surface area contributed by atoms with E-state index < -0.39 is 0 Å². The minimum atomic E-state index is -0.375. The number of hydrogen-bond donors (Lipinski definition) is 1. The topological polar surface area (TPSA) is 64.4 Å². The molecule has 1 N–H and O–H groups in total. The summed E-state index contributed by atoms with van der Waals surface area (Å²) in [7, 11) is 0. The van der Waals surface area contributed by atoms with Gasteiger partial charge in [0.25, 0.3) is 5.69 Å². The summed E-state index contributed by atoms with van der Waals surface area (Å²) in [5.74, 6) is 0. The van der Waals surface area contributed by atoms with E-state index in [0.717, 1.165) is 19.4 Å². The Balaban J connectivity index is 2.02. The lowest BCUT2D eigenvalue weighted by atomic mass is 10.0. The standard InChI is InChI=1S/C13H17ClN2O3/c1-9-6-12(4-5-19-9)15-8-10-7-11(14)2-3-13(10)16(17)18/h2-3,7,9,12,15H,4-6,8H2,1H3. The van der Waals surface area contributed by atoms with Crippen LogP contribution < -0.4 is 5.32 Å². The smallest absolute Gasteiger partial charge is 0.273 e. The van der Waals surface area contributed by atoms with E-state index in [1.54, 1.807) is 12.1 Å². The van der Waals surface area contributed by atoms with Crippen molar-refractivity contribution in [3.63, 3.8) is 0 Å². The van der Waals surface area contributed by atoms with Gasteiger partial charge in [-0.15, -0.1) is 0 Å². The second-order valence-electron chi connectivity index (χ2n) is 4.81. The van der Waals surface area contributed by atoms with Crippen LogP contribution in [0, 0.1) is 10.1 Å². The molecule has 0 spiro atoms. The Kier molecular flexibility index (Phi) is 4.74. The third-order valence-electron chi connectivity index (χ3n) is 3.30. The summed E-state index contributed by atoms with van der Waals surface area (Å²) >= 11 is 5.90. The van der Waals surface area contributed by atoms with Crippen LogP contribution >= 0.6 is 11.6 Å². The molecule has 0 amide bonds. The van der Waals surface area contributed by atoms with Crippen LogP contribution in [0.2, 0.25) is 5.02 Å². The van der Waals surface area contributed by atoms with Gasteiger partial charge in [0.2, 0.25) is 0 Å². The Hall–Kier alpha value is -1.17. The van der Waals surface area contributed by atoms with E-state index in [2.05, 4.69) is 5.32 Å². The van der Waals surface area contributed by atoms with Crippen molar-refractivity contribution in [2.45, 2.75) is 38.5 Å². The third kappa shape index (κ3) is 3.89. The van der Waals surface area contributed by atoms with Crippen LogP contribution in [-0.4, -0.2) is 23.7 Å². The normalized spacial score (nSPS) is 23.3. The highest BCUT2D eigenvalue weighted by atomic mass is 35.5. The summed E-state index contributed by atoms with van der Waals surface area (Å²) in [4.78, 5) is 10.6. The summed E-state index contributed by atoms with van der Waals surface area (Å²) in [5, 5.41) is 14.8. The third-order valence-corrected chi connectivity index (χ3v) is 3.54. The number of nitrogens with zero attached hydrogens (tertiary/aromatic N) is 1. The van der Waals surface area contributed by atoms with Gasteiger partial charge in [0.1, 0.15) is 0 Å². The average Bonchev–Trinajstić information content (AvgIpc) is 2.36. The molecule has 1 fully saturated rings. The minimum Gasteiger partial charge on any atom is -0.378 e. The molecule has 0 saturated carbocycles. The molecule has 2 atom stereocenters. The molecule has 1 aliphatic heterocycles. The van der Waals surface area contributed by atoms with Crippen LogP contribution in [0.5, 0.6) is 0 Å². The van der Waals surface area contributed by atoms with Gasteiger partial charge in [-0.2, -0.15) is 0 Å². The lowest BCUT2D eigenvalue weighted by Crippen LogP contribution is -2.37. The molecule has 1 heterocycles. The van der Waals surface area contributed by atoms with E-state index in [9.17, 15) is 10.1 Å². The zero-order chi connectivity index (χ0) is 13.8. The number of nitrogens with one attached hydrogen (secondary N) is 1. The monoisotopic (exact) mass is 284 g/mol. The molecule has 1 aliphatic rings. The second kappa shape index (κ2) is 6.32. The number of benzene rings is 1. The highest BCUT2D eigenvalue weighted by molar-refractivity contribution is 6.30. The molecule has 0 bridgehead atoms. The van der Waals surface area contributed by atoms with Gasteiger partial charge >= 0.3 is 0 Å². The van der Waals surface area contributed by atoms with Gasteiger partial charge < -0.3 is 10.1 Å². The van der Waals surface area contributed by atoms with E-state index in [1.807, 2.05) is 6.92 Å². The molecule has 1 aromatic carbocycles. The average molecular weight is 285 g/mol. The number of halogens is 1. The summed E-state index contributed by atoms with van der Waals surface area (Å²) in [6, 6.07) is 4.98. The fraction of sp³-hybridized carbons (Fsp3) is 0.538. The summed E-state index contributed by atoms with van der Waals surface area (Å²) < 4.78 is 5.47. The van der Waals surface area contributed by atoms with E-state index in [4.69, 9.17) is 16.3 Å². The Labute approximate surface area is 117 Å². The second-order valence-corrected chi connectivity index (χ2v) is 5.25. The van der Waals surface area contributed by atoms with Crippen LogP contribution in [0.25, 0.3) is 0 Å². The van der Waals surface area contributed by atoms with Crippen molar-refractivity contribution in [3.8, 4) is 0 Å². The van der Waals surface area contributed by atoms with Crippen LogP contribution in [-0.2, 0) is 11.3 Å². The molecule has 2 unspecified atom stereocenters. The molecule has 0 radical (unpaired) electrons. The molecule has 0 aromatic heterocycles. The zero-order valence-corrected chi connectivity index (χ0v) is 11.5. The van der Waals surface area contributed by atoms with Crippen molar-refractivity contribution in [1.82, 2.24) is 5.32 Å². The van der Waals surface area contributed by atoms with Gasteiger partial charge in [0.05, 0.1) is 11.0 Å². The highest BCUT2D eigenvalue weighted by Gasteiger charge is 2.20. The molecule has 104 valence electrons. The SMILES string of the molecule is CC1CC(NCc2cc(Cl)ccc2[N+](=O)[O-])CCO1. The highest BCUT2D eigenvalue weighted by Crippen LogP contribution is 2.23. The van der Waals surface area contributed by atoms with Crippen molar-refractivity contribution >= 4 is 17.3 Å². The van der Waals surface area contributed by atoms with Crippen molar-refractivity contribution in [1.29, 1.82) is 0 Å². The molecule has 6 heteroatoms. The van der Waals surface area contributed by atoms with Gasteiger partial charge in [-0.25, -0.2) is 0 Å². The van der Waals surface area contributed by atoms with Gasteiger partial charge in [-0.1, -0.05) is 11.6 Å². The molecular weight excluding hydrogens is 268 g/mol. The number of rotatable bonds is 4. The maximum Gasteiger partial charge on any atom is 0.273 e. The van der Waals surface area contributed by atoms with Gasteiger partial charge in [0, 0.05) is 35.8 Å². The Morgan fingerprint density at radius 2 is 2.37 bits per heavy atom. The van der Waals surface area contributed by atoms with E-state index in [-0.39, 0.29) is 16.7 Å². The quantitative estimate of drug-likeness (QED) is 0.682. The summed E-state index contributed by atoms with van der Waals surface area (Å²) in [6.07, 6.45) is 2.09. The first-order valence-electron chi connectivity index (χ1n) is 6.34. The molecule has 0 aliphatic carbocycles. The number of ether oxygens (including phenoxy) is 1. The lowest BCUT2D eigenvalue weighted by Gasteiger charge is -2.28. The Bertz CT molecular complexity index is 467. The molecule has 1 saturated heterocycles. The first-order chi connectivity index (χ1) is 9.06. The summed E-state index contributed by atoms with van der Waals surface area (Å²) in [6.45, 7) is 3.22. The molecular formula is C13H17ClN2O3. The van der Waals surface area contributed by atoms with Crippen LogP contribution in [0.3, 0.4) is 0 Å². The fourth-order valence-electron chi connectivity index (χ4n) is 2.31. The predicted molar refractivity (Wildman–Crippen MR) is 73.4 cm³/mol. The maximum atomic E-state index is 11.0. The number of nitro benzene ring substituents is 1. The van der Waals surface area contributed by atoms with Crippen LogP contribution in [0.15, 0.2) is 18.2 Å². The minimum absolute atomic E-state index is 0.108. The van der Waals surface area contributed by atoms with Crippen molar-refractivity contribution in [2.24, 2.45) is 0 Å². The number of nitro groups is 1. The lowest BCUT2D eigenvalue weighted by molar-refractivity contribution is -0.385. The molecule has 5 nitrogen and oxygen atoms in total. The van der Waals surface area contributed by atoms with Gasteiger partial charge in [-0.05, 0) is 31.9 Å². The van der Waals surface area contributed by atoms with E-state index in [0.29, 0.717) is 23.2 Å². The van der Waals surface area contributed by atoms with E-state index >= 15 is 0 Å². The van der Waals surface area contributed by atoms with Gasteiger partial charge in [0.15, 0.2) is 0 Å². The van der Waals surface area contributed by atoms with Gasteiger partial charge in [-0.3, -0.25) is 10.1 Å².